The van der Waals surface area contributed by atoms with Crippen molar-refractivity contribution in [2.75, 3.05) is 19.6 Å². The Morgan fingerprint density at radius 2 is 0.406 bits per heavy atom. The van der Waals surface area contributed by atoms with Gasteiger partial charge in [-0.25, -0.2) is 0 Å². The molecule has 14 aromatic rings. The Bertz CT molecular complexity index is 4880. The van der Waals surface area contributed by atoms with Gasteiger partial charge in [0.1, 0.15) is 0 Å². The second-order valence-corrected chi connectivity index (χ2v) is 35.2. The van der Waals surface area contributed by atoms with Crippen LogP contribution in [0.25, 0.3) is 33.4 Å². The molecule has 0 fully saturated rings. The zero-order valence-electron chi connectivity index (χ0n) is 56.3. The molecule has 0 heterocycles. The molecule has 0 saturated heterocycles. The monoisotopic (exact) mass is 1360 g/mol. The molecule has 0 aliphatic heterocycles. The van der Waals surface area contributed by atoms with Crippen LogP contribution in [0.15, 0.2) is 437 Å². The van der Waals surface area contributed by atoms with E-state index in [9.17, 15) is 0 Å². The van der Waals surface area contributed by atoms with Gasteiger partial charge in [0, 0.05) is 0 Å². The fourth-order valence-electron chi connectivity index (χ4n) is 15.9. The summed E-state index contributed by atoms with van der Waals surface area (Å²) in [5.41, 5.74) is 20.3. The first kappa shape index (κ1) is 63.5. The number of hydrogen-bond donors (Lipinski definition) is 0. The molecule has 101 heavy (non-hydrogen) atoms. The number of benzene rings is 14. The van der Waals surface area contributed by atoms with E-state index in [2.05, 4.69) is 456 Å². The van der Waals surface area contributed by atoms with Crippen LogP contribution in [-0.4, -0.2) is 22.0 Å². The molecular formula is C96H76GeN4. The zero-order valence-corrected chi connectivity index (χ0v) is 58.4. The molecule has 484 valence electrons. The van der Waals surface area contributed by atoms with E-state index in [4.69, 9.17) is 0 Å². The molecule has 0 amide bonds. The van der Waals surface area contributed by atoms with Crippen molar-refractivity contribution in [1.29, 1.82) is 0 Å². The van der Waals surface area contributed by atoms with Gasteiger partial charge < -0.3 is 0 Å². The molecule has 0 N–H and O–H groups in total. The van der Waals surface area contributed by atoms with Crippen LogP contribution in [0, 0.1) is 0 Å². The Morgan fingerprint density at radius 3 is 0.673 bits per heavy atom. The molecule has 0 aromatic heterocycles. The molecule has 0 spiro atoms. The van der Waals surface area contributed by atoms with Crippen molar-refractivity contribution in [2.24, 2.45) is 0 Å². The Kier molecular flexibility index (Phi) is 18.0. The fourth-order valence-corrected chi connectivity index (χ4v) is 30.7. The van der Waals surface area contributed by atoms with Gasteiger partial charge >= 0.3 is 583 Å². The van der Waals surface area contributed by atoms with Crippen molar-refractivity contribution in [2.45, 2.75) is 21.6 Å². The topological polar surface area (TPSA) is 13.0 Å². The van der Waals surface area contributed by atoms with E-state index in [0.717, 1.165) is 68.0 Å². The number of hydrogen-bond acceptors (Lipinski definition) is 4. The van der Waals surface area contributed by atoms with Crippen LogP contribution in [0.2, 0.25) is 0 Å². The van der Waals surface area contributed by atoms with Gasteiger partial charge in [0.2, 0.25) is 0 Å². The van der Waals surface area contributed by atoms with Crippen molar-refractivity contribution >= 4 is 90.1 Å². The number of para-hydroxylation sites is 7. The Balaban J connectivity index is 1.01. The van der Waals surface area contributed by atoms with Crippen LogP contribution in [0.3, 0.4) is 0 Å². The van der Waals surface area contributed by atoms with Crippen LogP contribution in [0.5, 0.6) is 0 Å². The first-order valence-corrected chi connectivity index (χ1v) is 39.2. The second-order valence-electron chi connectivity index (χ2n) is 26.0. The summed E-state index contributed by atoms with van der Waals surface area (Å²) in [6.45, 7) is 0. The fraction of sp³-hybridized carbons (Fsp3) is 0.0417. The molecule has 4 nitrogen and oxygen atoms in total. The van der Waals surface area contributed by atoms with Crippen molar-refractivity contribution in [3.05, 3.63) is 448 Å². The predicted octanol–water partition coefficient (Wildman–Crippen LogP) is 23.8. The molecule has 2 unspecified atom stereocenters. The third kappa shape index (κ3) is 12.2. The van der Waals surface area contributed by atoms with Crippen molar-refractivity contribution in [3.8, 4) is 22.3 Å². The summed E-state index contributed by atoms with van der Waals surface area (Å²) < 4.78 is 0.975. The maximum absolute atomic E-state index is 5.12. The van der Waals surface area contributed by atoms with Gasteiger partial charge in [-0.3, -0.25) is 0 Å². The van der Waals surface area contributed by atoms with Gasteiger partial charge in [0.25, 0.3) is 0 Å². The quantitative estimate of drug-likeness (QED) is 0.0705. The summed E-state index contributed by atoms with van der Waals surface area (Å²) in [5, 5.41) is 0. The minimum atomic E-state index is -5.12. The molecule has 2 aliphatic carbocycles. The molecule has 0 radical (unpaired) electrons. The summed E-state index contributed by atoms with van der Waals surface area (Å²) in [6.07, 6.45) is 16.8. The first-order valence-electron chi connectivity index (χ1n) is 35.0. The van der Waals surface area contributed by atoms with Crippen LogP contribution < -0.4 is 28.4 Å². The summed E-state index contributed by atoms with van der Waals surface area (Å²) in [6, 6.07) is 148. The average Bonchev–Trinajstić information content (AvgIpc) is 0.666. The van der Waals surface area contributed by atoms with Gasteiger partial charge in [-0.05, 0) is 0 Å². The van der Waals surface area contributed by atoms with E-state index in [1.54, 1.807) is 0 Å². The first-order chi connectivity index (χ1) is 50.1. The summed E-state index contributed by atoms with van der Waals surface area (Å²) in [7, 11) is 0. The Hall–Kier alpha value is -12.2. The molecule has 5 heteroatoms. The van der Waals surface area contributed by atoms with Crippen LogP contribution in [0.1, 0.15) is 24.0 Å². The van der Waals surface area contributed by atoms with Gasteiger partial charge in [0.05, 0.1) is 0 Å². The van der Waals surface area contributed by atoms with E-state index in [1.165, 1.54) is 42.2 Å². The number of allylic oxidation sites excluding steroid dienone is 4. The van der Waals surface area contributed by atoms with Gasteiger partial charge in [0.15, 0.2) is 0 Å². The van der Waals surface area contributed by atoms with Crippen LogP contribution in [0.4, 0.5) is 56.9 Å². The third-order valence-electron chi connectivity index (χ3n) is 20.3. The van der Waals surface area contributed by atoms with E-state index in [-0.39, 0.29) is 0 Å². The summed E-state index contributed by atoms with van der Waals surface area (Å²) in [5.74, 6) is 0. The predicted molar refractivity (Wildman–Crippen MR) is 430 cm³/mol. The number of anilines is 10. The standard InChI is InChI=1S/C96H76GeN4/c1-11-31-75(32-12-1)79-53-61-89(62-54-79)99(87-41-21-6-22-42-87)90-65-59-84(60-66-90)97(83-57-51-78(52-58-83)80-55-63-88(64-56-80)98(85-37-17-4-18-38-85)86-39-19-5-20-40-86,95(71-67-81(68-72-95)76-33-13-2-14-34-76)100(91-43-23-7-24-44-91)92-45-25-8-26-46-92)96(73-69-82(70-74-96)77-35-15-3-16-36-77)101(93-47-27-9-28-48-93)94-49-29-10-30-50-94/h1-71,73H,72,74H2. The Labute approximate surface area is 597 Å². The van der Waals surface area contributed by atoms with E-state index in [1.807, 2.05) is 0 Å². The van der Waals surface area contributed by atoms with Gasteiger partial charge in [-0.15, -0.1) is 0 Å². The average molecular weight is 1360 g/mol. The van der Waals surface area contributed by atoms with Gasteiger partial charge in [-0.2, -0.15) is 0 Å². The molecule has 0 saturated carbocycles. The van der Waals surface area contributed by atoms with E-state index >= 15 is 0 Å². The third-order valence-corrected chi connectivity index (χ3v) is 33.3. The zero-order chi connectivity index (χ0) is 67.7. The van der Waals surface area contributed by atoms with Crippen LogP contribution >= 0.6 is 0 Å². The number of rotatable bonds is 20. The van der Waals surface area contributed by atoms with Crippen molar-refractivity contribution in [1.82, 2.24) is 0 Å². The maximum atomic E-state index is 2.78. The minimum absolute atomic E-state index is 0.661. The molecule has 0 bridgehead atoms. The molecule has 2 aliphatic rings. The summed E-state index contributed by atoms with van der Waals surface area (Å²) >= 11 is -5.12. The SMILES string of the molecule is C1=C[C](N(c2ccccc2)c2ccccc2)([Ge]([c]2ccc(-c3ccc(N(c4ccccc4)c4ccccc4)cc3)cc2)([c]2ccc(N(c3ccccc3)c3ccc(-c4ccccc4)cc3)cc2)[C]2(N(c3ccccc3)c3ccccc3)C=CC(c3ccccc3)=CC2)CC=C1c1ccccc1. The normalized spacial score (nSPS) is 16.0. The van der Waals surface area contributed by atoms with Gasteiger partial charge in [-0.1, -0.05) is 18.2 Å². The summed E-state index contributed by atoms with van der Waals surface area (Å²) in [4.78, 5) is 10.3. The molecule has 14 aromatic carbocycles. The Morgan fingerprint density at radius 1 is 0.198 bits per heavy atom. The molecule has 16 rings (SSSR count). The second kappa shape index (κ2) is 28.7. The van der Waals surface area contributed by atoms with E-state index < -0.39 is 22.0 Å². The molecule has 2 atom stereocenters. The number of nitrogens with zero attached hydrogens (tertiary/aromatic N) is 4. The van der Waals surface area contributed by atoms with Crippen LogP contribution in [-0.2, 0) is 0 Å². The molecular weight excluding hydrogens is 1280 g/mol. The van der Waals surface area contributed by atoms with E-state index in [0.29, 0.717) is 12.8 Å². The van der Waals surface area contributed by atoms with Crippen molar-refractivity contribution < 1.29 is 0 Å². The van der Waals surface area contributed by atoms with Crippen molar-refractivity contribution in [3.63, 3.8) is 0 Å².